The minimum absolute atomic E-state index is 0.284. The minimum atomic E-state index is -4.31. The van der Waals surface area contributed by atoms with Crippen molar-refractivity contribution in [2.45, 2.75) is 44.2 Å². The van der Waals surface area contributed by atoms with Crippen molar-refractivity contribution >= 4 is 5.69 Å². The van der Waals surface area contributed by atoms with Crippen LogP contribution in [-0.2, 0) is 6.18 Å². The number of hydrogen-bond donors (Lipinski definition) is 1. The quantitative estimate of drug-likeness (QED) is 0.730. The molecule has 0 amide bonds. The summed E-state index contributed by atoms with van der Waals surface area (Å²) in [5, 5.41) is 0. The molecule has 1 nitrogen and oxygen atoms in total. The second-order valence-corrected chi connectivity index (χ2v) is 4.68. The highest BCUT2D eigenvalue weighted by Gasteiger charge is 2.31. The van der Waals surface area contributed by atoms with Crippen LogP contribution in [0.15, 0.2) is 18.2 Å². The standard InChI is InChI=1S/C13H16F3N/c14-13(15,16)10-6-7-11(12(17)8-10)9-4-2-1-3-5-9/h6-9H,1-5,17H2. The minimum Gasteiger partial charge on any atom is -0.398 e. The van der Waals surface area contributed by atoms with Crippen molar-refractivity contribution < 1.29 is 13.2 Å². The molecule has 1 aliphatic carbocycles. The SMILES string of the molecule is Nc1cc(C(F)(F)F)ccc1C1CCCCC1. The predicted octanol–water partition coefficient (Wildman–Crippen LogP) is 4.34. The van der Waals surface area contributed by atoms with Crippen LogP contribution in [0.4, 0.5) is 18.9 Å². The number of nitrogens with two attached hydrogens (primary N) is 1. The fraction of sp³-hybridized carbons (Fsp3) is 0.538. The first kappa shape index (κ1) is 12.3. The fourth-order valence-electron chi connectivity index (χ4n) is 2.54. The van der Waals surface area contributed by atoms with E-state index < -0.39 is 11.7 Å². The average Bonchev–Trinajstić information content (AvgIpc) is 2.29. The molecule has 1 fully saturated rings. The Morgan fingerprint density at radius 2 is 1.71 bits per heavy atom. The van der Waals surface area contributed by atoms with Crippen LogP contribution in [0.3, 0.4) is 0 Å². The molecule has 1 aliphatic rings. The van der Waals surface area contributed by atoms with Crippen LogP contribution in [0, 0.1) is 0 Å². The molecule has 0 aromatic heterocycles. The van der Waals surface area contributed by atoms with E-state index in [1.54, 1.807) is 6.07 Å². The van der Waals surface area contributed by atoms with Gasteiger partial charge in [0.05, 0.1) is 5.56 Å². The largest absolute Gasteiger partial charge is 0.416 e. The Hall–Kier alpha value is -1.19. The van der Waals surface area contributed by atoms with Crippen molar-refractivity contribution in [3.63, 3.8) is 0 Å². The zero-order valence-electron chi connectivity index (χ0n) is 9.56. The van der Waals surface area contributed by atoms with Crippen LogP contribution in [0.2, 0.25) is 0 Å². The molecule has 0 aliphatic heterocycles. The molecule has 0 radical (unpaired) electrons. The summed E-state index contributed by atoms with van der Waals surface area (Å²) in [4.78, 5) is 0. The number of nitrogen functional groups attached to an aromatic ring is 1. The molecule has 1 aromatic carbocycles. The van der Waals surface area contributed by atoms with E-state index in [4.69, 9.17) is 5.73 Å². The van der Waals surface area contributed by atoms with E-state index in [2.05, 4.69) is 0 Å². The molecule has 1 saturated carbocycles. The molecule has 17 heavy (non-hydrogen) atoms. The van der Waals surface area contributed by atoms with Gasteiger partial charge in [-0.1, -0.05) is 25.3 Å². The van der Waals surface area contributed by atoms with Gasteiger partial charge in [0.2, 0.25) is 0 Å². The van der Waals surface area contributed by atoms with E-state index in [0.717, 1.165) is 43.4 Å². The Bertz CT molecular complexity index is 392. The van der Waals surface area contributed by atoms with Crippen molar-refractivity contribution in [2.75, 3.05) is 5.73 Å². The topological polar surface area (TPSA) is 26.0 Å². The first-order valence-electron chi connectivity index (χ1n) is 5.95. The van der Waals surface area contributed by atoms with E-state index in [1.807, 2.05) is 0 Å². The van der Waals surface area contributed by atoms with Gasteiger partial charge in [-0.15, -0.1) is 0 Å². The van der Waals surface area contributed by atoms with Gasteiger partial charge < -0.3 is 5.73 Å². The summed E-state index contributed by atoms with van der Waals surface area (Å²) in [7, 11) is 0. The maximum Gasteiger partial charge on any atom is 0.416 e. The van der Waals surface area contributed by atoms with Gasteiger partial charge >= 0.3 is 6.18 Å². The summed E-state index contributed by atoms with van der Waals surface area (Å²) in [6.07, 6.45) is 1.28. The van der Waals surface area contributed by atoms with Gasteiger partial charge in [-0.05, 0) is 36.5 Å². The van der Waals surface area contributed by atoms with E-state index in [1.165, 1.54) is 6.42 Å². The highest BCUT2D eigenvalue weighted by molar-refractivity contribution is 5.51. The molecule has 2 N–H and O–H groups in total. The van der Waals surface area contributed by atoms with Gasteiger partial charge in [0.1, 0.15) is 0 Å². The molecule has 0 unspecified atom stereocenters. The van der Waals surface area contributed by atoms with E-state index >= 15 is 0 Å². The third-order valence-electron chi connectivity index (χ3n) is 3.46. The lowest BCUT2D eigenvalue weighted by Gasteiger charge is -2.23. The summed E-state index contributed by atoms with van der Waals surface area (Å²) >= 11 is 0. The van der Waals surface area contributed by atoms with Crippen LogP contribution in [-0.4, -0.2) is 0 Å². The molecule has 0 heterocycles. The highest BCUT2D eigenvalue weighted by atomic mass is 19.4. The first-order chi connectivity index (χ1) is 7.98. The summed E-state index contributed by atoms with van der Waals surface area (Å²) < 4.78 is 37.5. The van der Waals surface area contributed by atoms with Crippen molar-refractivity contribution in [1.29, 1.82) is 0 Å². The molecule has 94 valence electrons. The van der Waals surface area contributed by atoms with Crippen molar-refractivity contribution in [3.8, 4) is 0 Å². The van der Waals surface area contributed by atoms with Crippen LogP contribution < -0.4 is 5.73 Å². The Kier molecular flexibility index (Phi) is 3.31. The molecular weight excluding hydrogens is 227 g/mol. The Balaban J connectivity index is 2.25. The number of benzene rings is 1. The van der Waals surface area contributed by atoms with Gasteiger partial charge in [0, 0.05) is 5.69 Å². The molecular formula is C13H16F3N. The number of anilines is 1. The van der Waals surface area contributed by atoms with Crippen molar-refractivity contribution in [3.05, 3.63) is 29.3 Å². The Labute approximate surface area is 98.8 Å². The molecule has 0 bridgehead atoms. The molecule has 0 atom stereocenters. The number of halogens is 3. The van der Waals surface area contributed by atoms with E-state index in [0.29, 0.717) is 5.92 Å². The molecule has 1 aromatic rings. The van der Waals surface area contributed by atoms with Crippen LogP contribution >= 0.6 is 0 Å². The van der Waals surface area contributed by atoms with Gasteiger partial charge in [0.25, 0.3) is 0 Å². The van der Waals surface area contributed by atoms with E-state index in [9.17, 15) is 13.2 Å². The molecule has 0 spiro atoms. The Morgan fingerprint density at radius 1 is 1.06 bits per heavy atom. The highest BCUT2D eigenvalue weighted by Crippen LogP contribution is 2.38. The lowest BCUT2D eigenvalue weighted by Crippen LogP contribution is -2.10. The lowest BCUT2D eigenvalue weighted by atomic mass is 9.83. The molecule has 4 heteroatoms. The zero-order chi connectivity index (χ0) is 12.5. The van der Waals surface area contributed by atoms with Crippen molar-refractivity contribution in [1.82, 2.24) is 0 Å². The van der Waals surface area contributed by atoms with Crippen LogP contribution in [0.25, 0.3) is 0 Å². The van der Waals surface area contributed by atoms with Crippen LogP contribution in [0.5, 0.6) is 0 Å². The maximum absolute atomic E-state index is 12.5. The van der Waals surface area contributed by atoms with Crippen molar-refractivity contribution in [2.24, 2.45) is 0 Å². The monoisotopic (exact) mass is 243 g/mol. The molecule has 0 saturated heterocycles. The van der Waals surface area contributed by atoms with Gasteiger partial charge in [-0.2, -0.15) is 13.2 Å². The van der Waals surface area contributed by atoms with Gasteiger partial charge in [-0.25, -0.2) is 0 Å². The van der Waals surface area contributed by atoms with Gasteiger partial charge in [-0.3, -0.25) is 0 Å². The summed E-state index contributed by atoms with van der Waals surface area (Å²) in [5.74, 6) is 0.339. The first-order valence-corrected chi connectivity index (χ1v) is 5.95. The average molecular weight is 243 g/mol. The maximum atomic E-state index is 12.5. The second kappa shape index (κ2) is 4.59. The van der Waals surface area contributed by atoms with Crippen LogP contribution in [0.1, 0.15) is 49.1 Å². The third kappa shape index (κ3) is 2.73. The molecule has 2 rings (SSSR count). The number of hydrogen-bond acceptors (Lipinski definition) is 1. The normalized spacial score (nSPS) is 18.3. The Morgan fingerprint density at radius 3 is 2.24 bits per heavy atom. The number of rotatable bonds is 1. The summed E-state index contributed by atoms with van der Waals surface area (Å²) in [5.41, 5.74) is 6.26. The fourth-order valence-corrected chi connectivity index (χ4v) is 2.54. The summed E-state index contributed by atoms with van der Waals surface area (Å²) in [6, 6.07) is 3.75. The predicted molar refractivity (Wildman–Crippen MR) is 61.7 cm³/mol. The smallest absolute Gasteiger partial charge is 0.398 e. The number of alkyl halides is 3. The lowest BCUT2D eigenvalue weighted by molar-refractivity contribution is -0.137. The zero-order valence-corrected chi connectivity index (χ0v) is 9.56. The second-order valence-electron chi connectivity index (χ2n) is 4.68. The summed E-state index contributed by atoms with van der Waals surface area (Å²) in [6.45, 7) is 0. The van der Waals surface area contributed by atoms with E-state index in [-0.39, 0.29) is 5.69 Å². The third-order valence-corrected chi connectivity index (χ3v) is 3.46. The van der Waals surface area contributed by atoms with Gasteiger partial charge in [0.15, 0.2) is 0 Å².